The Kier molecular flexibility index (Phi) is 3.08. The number of ether oxygens (including phenoxy) is 2. The maximum absolute atomic E-state index is 13.0. The van der Waals surface area contributed by atoms with Gasteiger partial charge >= 0.3 is 0 Å². The van der Waals surface area contributed by atoms with Gasteiger partial charge in [0.2, 0.25) is 0 Å². The predicted octanol–water partition coefficient (Wildman–Crippen LogP) is 3.12. The summed E-state index contributed by atoms with van der Waals surface area (Å²) in [5.74, 6) is 1.06. The van der Waals surface area contributed by atoms with Crippen LogP contribution < -0.4 is 9.47 Å². The minimum atomic E-state index is -0.122. The fourth-order valence-electron chi connectivity index (χ4n) is 3.23. The van der Waals surface area contributed by atoms with Gasteiger partial charge in [-0.15, -0.1) is 0 Å². The summed E-state index contributed by atoms with van der Waals surface area (Å²) in [6, 6.07) is 11.4. The summed E-state index contributed by atoms with van der Waals surface area (Å²) >= 11 is 0. The molecule has 0 aromatic heterocycles. The predicted molar refractivity (Wildman–Crippen MR) is 86.8 cm³/mol. The summed E-state index contributed by atoms with van der Waals surface area (Å²) in [5.41, 5.74) is 3.45. The van der Waals surface area contributed by atoms with Crippen LogP contribution in [0.5, 0.6) is 11.5 Å². The lowest BCUT2D eigenvalue weighted by atomic mass is 10.1. The number of aliphatic imine (C=N–C) groups is 1. The number of hydrogen-bond acceptors (Lipinski definition) is 4. The average Bonchev–Trinajstić information content (AvgIpc) is 2.91. The number of amides is 1. The molecule has 116 valence electrons. The van der Waals surface area contributed by atoms with E-state index in [0.717, 1.165) is 5.56 Å². The average molecular weight is 308 g/mol. The van der Waals surface area contributed by atoms with Crippen molar-refractivity contribution in [2.45, 2.75) is 12.6 Å². The van der Waals surface area contributed by atoms with E-state index in [0.29, 0.717) is 29.3 Å². The van der Waals surface area contributed by atoms with Gasteiger partial charge in [0, 0.05) is 18.8 Å². The van der Waals surface area contributed by atoms with Gasteiger partial charge in [0.15, 0.2) is 11.5 Å². The second kappa shape index (κ2) is 5.12. The number of carbonyl (C=O) groups excluding carboxylic acids is 1. The van der Waals surface area contributed by atoms with Gasteiger partial charge in [-0.25, -0.2) is 0 Å². The Hall–Kier alpha value is -2.82. The Labute approximate surface area is 134 Å². The van der Waals surface area contributed by atoms with Crippen LogP contribution in [0.4, 0.5) is 5.69 Å². The van der Waals surface area contributed by atoms with Gasteiger partial charge in [-0.05, 0) is 17.2 Å². The summed E-state index contributed by atoms with van der Waals surface area (Å²) in [5, 5.41) is 0. The van der Waals surface area contributed by atoms with E-state index in [1.165, 1.54) is 5.56 Å². The molecule has 1 amide bonds. The minimum absolute atomic E-state index is 0.0420. The number of methoxy groups -OCH3 is 2. The first-order chi connectivity index (χ1) is 11.2. The molecule has 0 spiro atoms. The lowest BCUT2D eigenvalue weighted by Crippen LogP contribution is -2.29. The summed E-state index contributed by atoms with van der Waals surface area (Å²) in [6.07, 6.45) is 1.83. The Morgan fingerprint density at radius 1 is 1.13 bits per heavy atom. The molecule has 2 aromatic carbocycles. The minimum Gasteiger partial charge on any atom is -0.493 e. The van der Waals surface area contributed by atoms with Gasteiger partial charge < -0.3 is 14.4 Å². The fraction of sp³-hybridized carbons (Fsp3) is 0.222. The van der Waals surface area contributed by atoms with Crippen molar-refractivity contribution < 1.29 is 14.3 Å². The smallest absolute Gasteiger partial charge is 0.257 e. The molecule has 23 heavy (non-hydrogen) atoms. The fourth-order valence-corrected chi connectivity index (χ4v) is 3.23. The molecule has 1 atom stereocenters. The van der Waals surface area contributed by atoms with E-state index in [4.69, 9.17) is 9.47 Å². The molecule has 0 N–H and O–H groups in total. The van der Waals surface area contributed by atoms with E-state index in [1.54, 1.807) is 26.4 Å². The Morgan fingerprint density at radius 3 is 2.65 bits per heavy atom. The van der Waals surface area contributed by atoms with Crippen molar-refractivity contribution in [1.29, 1.82) is 0 Å². The highest BCUT2D eigenvalue weighted by Gasteiger charge is 2.35. The standard InChI is InChI=1S/C18H16N2O3/c1-22-16-7-13-14(8-17(16)23-2)19-9-15-12-6-4-3-5-11(12)10-20(15)18(13)21/h3-9,15H,10H2,1-2H3. The van der Waals surface area contributed by atoms with Crippen molar-refractivity contribution in [2.75, 3.05) is 14.2 Å². The molecule has 0 radical (unpaired) electrons. The van der Waals surface area contributed by atoms with E-state index in [1.807, 2.05) is 23.2 Å². The Morgan fingerprint density at radius 2 is 1.87 bits per heavy atom. The molecule has 5 heteroatoms. The van der Waals surface area contributed by atoms with Crippen LogP contribution >= 0.6 is 0 Å². The maximum Gasteiger partial charge on any atom is 0.257 e. The van der Waals surface area contributed by atoms with Crippen LogP contribution in [0.1, 0.15) is 27.5 Å². The summed E-state index contributed by atoms with van der Waals surface area (Å²) in [6.45, 7) is 0.597. The second-order valence-electron chi connectivity index (χ2n) is 5.58. The molecule has 0 aliphatic carbocycles. The quantitative estimate of drug-likeness (QED) is 0.856. The second-order valence-corrected chi connectivity index (χ2v) is 5.58. The van der Waals surface area contributed by atoms with Crippen LogP contribution in [-0.4, -0.2) is 31.2 Å². The van der Waals surface area contributed by atoms with Gasteiger partial charge in [-0.1, -0.05) is 24.3 Å². The zero-order valence-electron chi connectivity index (χ0n) is 12.9. The van der Waals surface area contributed by atoms with Crippen LogP contribution in [-0.2, 0) is 6.54 Å². The topological polar surface area (TPSA) is 51.1 Å². The highest BCUT2D eigenvalue weighted by Crippen LogP contribution is 2.41. The van der Waals surface area contributed by atoms with Crippen LogP contribution in [0.25, 0.3) is 0 Å². The molecule has 1 unspecified atom stereocenters. The van der Waals surface area contributed by atoms with Crippen LogP contribution in [0.15, 0.2) is 41.4 Å². The van der Waals surface area contributed by atoms with Crippen molar-refractivity contribution in [3.05, 3.63) is 53.1 Å². The van der Waals surface area contributed by atoms with Crippen molar-refractivity contribution >= 4 is 17.8 Å². The molecule has 0 fully saturated rings. The van der Waals surface area contributed by atoms with E-state index in [2.05, 4.69) is 17.1 Å². The Bertz CT molecular complexity index is 829. The first-order valence-corrected chi connectivity index (χ1v) is 7.42. The van der Waals surface area contributed by atoms with Crippen LogP contribution in [0, 0.1) is 0 Å². The monoisotopic (exact) mass is 308 g/mol. The highest BCUT2D eigenvalue weighted by atomic mass is 16.5. The molecule has 5 nitrogen and oxygen atoms in total. The van der Waals surface area contributed by atoms with E-state index >= 15 is 0 Å². The summed E-state index contributed by atoms with van der Waals surface area (Å²) in [4.78, 5) is 19.4. The normalized spacial score (nSPS) is 18.1. The lowest BCUT2D eigenvalue weighted by Gasteiger charge is -2.21. The van der Waals surface area contributed by atoms with Gasteiger partial charge in [0.1, 0.15) is 0 Å². The van der Waals surface area contributed by atoms with Gasteiger partial charge in [-0.3, -0.25) is 9.79 Å². The first-order valence-electron chi connectivity index (χ1n) is 7.42. The van der Waals surface area contributed by atoms with E-state index in [9.17, 15) is 4.79 Å². The molecule has 2 aromatic rings. The summed E-state index contributed by atoms with van der Waals surface area (Å²) in [7, 11) is 3.13. The molecule has 2 heterocycles. The van der Waals surface area contributed by atoms with Gasteiger partial charge in [-0.2, -0.15) is 0 Å². The number of nitrogens with zero attached hydrogens (tertiary/aromatic N) is 2. The molecule has 2 aliphatic rings. The number of fused-ring (bicyclic) bond motifs is 4. The van der Waals surface area contributed by atoms with Crippen LogP contribution in [0.3, 0.4) is 0 Å². The lowest BCUT2D eigenvalue weighted by molar-refractivity contribution is 0.0739. The molecule has 0 bridgehead atoms. The third-order valence-corrected chi connectivity index (χ3v) is 4.40. The van der Waals surface area contributed by atoms with Crippen molar-refractivity contribution in [1.82, 2.24) is 4.90 Å². The van der Waals surface area contributed by atoms with Gasteiger partial charge in [0.25, 0.3) is 5.91 Å². The molecule has 4 rings (SSSR count). The van der Waals surface area contributed by atoms with Crippen LogP contribution in [0.2, 0.25) is 0 Å². The highest BCUT2D eigenvalue weighted by molar-refractivity contribution is 6.04. The number of hydrogen-bond donors (Lipinski definition) is 0. The van der Waals surface area contributed by atoms with E-state index < -0.39 is 0 Å². The zero-order valence-corrected chi connectivity index (χ0v) is 12.9. The molecule has 2 aliphatic heterocycles. The SMILES string of the molecule is COc1cc2c(cc1OC)C(=O)N1Cc3ccccc3C1C=N2. The van der Waals surface area contributed by atoms with Crippen molar-refractivity contribution in [3.63, 3.8) is 0 Å². The first kappa shape index (κ1) is 13.8. The third-order valence-electron chi connectivity index (χ3n) is 4.40. The van der Waals surface area contributed by atoms with Crippen molar-refractivity contribution in [3.8, 4) is 11.5 Å². The van der Waals surface area contributed by atoms with Crippen molar-refractivity contribution in [2.24, 2.45) is 4.99 Å². The molecular weight excluding hydrogens is 292 g/mol. The molecule has 0 saturated carbocycles. The largest absolute Gasteiger partial charge is 0.493 e. The number of carbonyl (C=O) groups is 1. The number of rotatable bonds is 2. The van der Waals surface area contributed by atoms with Gasteiger partial charge in [0.05, 0.1) is 31.5 Å². The summed E-state index contributed by atoms with van der Waals surface area (Å²) < 4.78 is 10.6. The van der Waals surface area contributed by atoms with E-state index in [-0.39, 0.29) is 11.9 Å². The number of benzene rings is 2. The zero-order chi connectivity index (χ0) is 16.0. The molecule has 0 saturated heterocycles. The third kappa shape index (κ3) is 2.00. The Balaban J connectivity index is 1.84. The molecular formula is C18H16N2O3. The maximum atomic E-state index is 13.0.